The van der Waals surface area contributed by atoms with Crippen molar-refractivity contribution in [2.24, 2.45) is 0 Å². The largest absolute Gasteiger partial charge is 0.459 e. The van der Waals surface area contributed by atoms with E-state index in [1.807, 2.05) is 0 Å². The van der Waals surface area contributed by atoms with Gasteiger partial charge in [0, 0.05) is 6.54 Å². The molecule has 3 rings (SSSR count). The van der Waals surface area contributed by atoms with Crippen LogP contribution in [-0.4, -0.2) is 35.7 Å². The predicted molar refractivity (Wildman–Crippen MR) is 65.5 cm³/mol. The topological polar surface area (TPSA) is 89.4 Å². The van der Waals surface area contributed by atoms with Gasteiger partial charge in [0.15, 0.2) is 11.6 Å². The number of aromatic nitrogens is 2. The van der Waals surface area contributed by atoms with Crippen molar-refractivity contribution in [2.75, 3.05) is 12.8 Å². The lowest BCUT2D eigenvalue weighted by Gasteiger charge is -2.18. The second kappa shape index (κ2) is 4.46. The van der Waals surface area contributed by atoms with E-state index in [2.05, 4.69) is 10.1 Å². The van der Waals surface area contributed by atoms with E-state index < -0.39 is 10.0 Å². The smallest absolute Gasteiger partial charge is 0.293 e. The fourth-order valence-corrected chi connectivity index (χ4v) is 3.39. The molecule has 0 bridgehead atoms. The first kappa shape index (κ1) is 12.4. The molecule has 0 saturated carbocycles. The van der Waals surface area contributed by atoms with E-state index in [0.717, 1.165) is 6.42 Å². The van der Waals surface area contributed by atoms with E-state index in [4.69, 9.17) is 8.94 Å². The number of furan rings is 1. The van der Waals surface area contributed by atoms with Crippen molar-refractivity contribution < 1.29 is 17.4 Å². The van der Waals surface area contributed by atoms with E-state index in [1.54, 1.807) is 12.1 Å². The minimum atomic E-state index is -3.26. The van der Waals surface area contributed by atoms with Crippen LogP contribution >= 0.6 is 0 Å². The van der Waals surface area contributed by atoms with E-state index in [1.165, 1.54) is 16.8 Å². The van der Waals surface area contributed by atoms with E-state index >= 15 is 0 Å². The summed E-state index contributed by atoms with van der Waals surface area (Å²) < 4.78 is 35.0. The predicted octanol–water partition coefficient (Wildman–Crippen LogP) is 1.43. The molecule has 1 fully saturated rings. The van der Waals surface area contributed by atoms with Crippen LogP contribution in [0.5, 0.6) is 0 Å². The summed E-state index contributed by atoms with van der Waals surface area (Å²) in [7, 11) is -3.26. The molecule has 0 N–H and O–H groups in total. The average molecular weight is 283 g/mol. The molecule has 1 unspecified atom stereocenters. The lowest BCUT2D eigenvalue weighted by atomic mass is 10.2. The SMILES string of the molecule is CS(=O)(=O)N1CCCC1c1noc(-c2ccco2)n1. The van der Waals surface area contributed by atoms with E-state index in [-0.39, 0.29) is 11.9 Å². The van der Waals surface area contributed by atoms with Crippen molar-refractivity contribution in [3.05, 3.63) is 24.2 Å². The number of nitrogens with zero attached hydrogens (tertiary/aromatic N) is 3. The van der Waals surface area contributed by atoms with Gasteiger partial charge in [-0.05, 0) is 25.0 Å². The van der Waals surface area contributed by atoms with Crippen molar-refractivity contribution in [2.45, 2.75) is 18.9 Å². The molecule has 7 nitrogen and oxygen atoms in total. The van der Waals surface area contributed by atoms with Crippen molar-refractivity contribution in [1.82, 2.24) is 14.4 Å². The van der Waals surface area contributed by atoms with Crippen LogP contribution in [0.2, 0.25) is 0 Å². The van der Waals surface area contributed by atoms with Crippen molar-refractivity contribution in [3.63, 3.8) is 0 Å². The highest BCUT2D eigenvalue weighted by Gasteiger charge is 2.35. The number of hydrogen-bond acceptors (Lipinski definition) is 6. The molecule has 1 saturated heterocycles. The highest BCUT2D eigenvalue weighted by Crippen LogP contribution is 2.33. The monoisotopic (exact) mass is 283 g/mol. The van der Waals surface area contributed by atoms with Gasteiger partial charge in [0.05, 0.1) is 18.6 Å². The normalized spacial score (nSPS) is 21.0. The van der Waals surface area contributed by atoms with Gasteiger partial charge >= 0.3 is 0 Å². The maximum Gasteiger partial charge on any atom is 0.293 e. The van der Waals surface area contributed by atoms with Gasteiger partial charge in [0.25, 0.3) is 5.89 Å². The molecule has 102 valence electrons. The molecule has 8 heteroatoms. The van der Waals surface area contributed by atoms with Gasteiger partial charge in [-0.2, -0.15) is 9.29 Å². The fourth-order valence-electron chi connectivity index (χ4n) is 2.27. The standard InChI is InChI=1S/C11H13N3O4S/c1-19(15,16)14-6-2-4-8(14)10-12-11(18-13-10)9-5-3-7-17-9/h3,5,7-8H,2,4,6H2,1H3. The van der Waals surface area contributed by atoms with Gasteiger partial charge < -0.3 is 8.94 Å². The Hall–Kier alpha value is -1.67. The second-order valence-electron chi connectivity index (χ2n) is 4.47. The second-order valence-corrected chi connectivity index (χ2v) is 6.40. The highest BCUT2D eigenvalue weighted by molar-refractivity contribution is 7.88. The highest BCUT2D eigenvalue weighted by atomic mass is 32.2. The number of rotatable bonds is 3. The summed E-state index contributed by atoms with van der Waals surface area (Å²) in [5.41, 5.74) is 0. The maximum atomic E-state index is 11.7. The van der Waals surface area contributed by atoms with Crippen LogP contribution < -0.4 is 0 Å². The summed E-state index contributed by atoms with van der Waals surface area (Å²) in [6, 6.07) is 3.08. The van der Waals surface area contributed by atoms with Crippen LogP contribution in [-0.2, 0) is 10.0 Å². The summed E-state index contributed by atoms with van der Waals surface area (Å²) in [6.07, 6.45) is 4.20. The molecule has 0 amide bonds. The van der Waals surface area contributed by atoms with Gasteiger partial charge in [0.1, 0.15) is 0 Å². The quantitative estimate of drug-likeness (QED) is 0.846. The Morgan fingerprint density at radius 2 is 2.32 bits per heavy atom. The Bertz CT molecular complexity index is 662. The lowest BCUT2D eigenvalue weighted by molar-refractivity contribution is 0.358. The third-order valence-electron chi connectivity index (χ3n) is 3.10. The lowest BCUT2D eigenvalue weighted by Crippen LogP contribution is -2.30. The Balaban J connectivity index is 1.91. The zero-order valence-electron chi connectivity index (χ0n) is 10.3. The average Bonchev–Trinajstić information content (AvgIpc) is 3.09. The van der Waals surface area contributed by atoms with Crippen LogP contribution in [0.25, 0.3) is 11.7 Å². The van der Waals surface area contributed by atoms with E-state index in [0.29, 0.717) is 24.6 Å². The van der Waals surface area contributed by atoms with E-state index in [9.17, 15) is 8.42 Å². The summed E-state index contributed by atoms with van der Waals surface area (Å²) in [6.45, 7) is 0.494. The molecular weight excluding hydrogens is 270 g/mol. The molecule has 1 aliphatic rings. The first-order valence-electron chi connectivity index (χ1n) is 5.90. The molecule has 0 radical (unpaired) electrons. The molecule has 19 heavy (non-hydrogen) atoms. The van der Waals surface area contributed by atoms with Crippen LogP contribution in [0.4, 0.5) is 0 Å². The van der Waals surface area contributed by atoms with Gasteiger partial charge in [-0.1, -0.05) is 5.16 Å². The zero-order valence-corrected chi connectivity index (χ0v) is 11.1. The molecule has 1 aliphatic heterocycles. The Labute approximate surface area is 110 Å². The van der Waals surface area contributed by atoms with Gasteiger partial charge in [0.2, 0.25) is 10.0 Å². The molecule has 1 atom stereocenters. The third kappa shape index (κ3) is 2.28. The first-order chi connectivity index (χ1) is 9.05. The molecule has 0 aromatic carbocycles. The minimum absolute atomic E-state index is 0.264. The van der Waals surface area contributed by atoms with Gasteiger partial charge in [-0.3, -0.25) is 0 Å². The summed E-state index contributed by atoms with van der Waals surface area (Å²) in [5.74, 6) is 1.12. The molecule has 2 aromatic rings. The van der Waals surface area contributed by atoms with Crippen LogP contribution in [0.15, 0.2) is 27.3 Å². The first-order valence-corrected chi connectivity index (χ1v) is 7.75. The number of sulfonamides is 1. The zero-order chi connectivity index (χ0) is 13.5. The molecule has 0 spiro atoms. The molecule has 2 aromatic heterocycles. The third-order valence-corrected chi connectivity index (χ3v) is 4.39. The molecular formula is C11H13N3O4S. The Morgan fingerprint density at radius 1 is 1.47 bits per heavy atom. The molecule has 3 heterocycles. The van der Waals surface area contributed by atoms with Crippen molar-refractivity contribution in [3.8, 4) is 11.7 Å². The molecule has 0 aliphatic carbocycles. The maximum absolute atomic E-state index is 11.7. The van der Waals surface area contributed by atoms with Crippen LogP contribution in [0, 0.1) is 0 Å². The fraction of sp³-hybridized carbons (Fsp3) is 0.455. The van der Waals surface area contributed by atoms with Gasteiger partial charge in [-0.25, -0.2) is 8.42 Å². The summed E-state index contributed by atoms with van der Waals surface area (Å²) >= 11 is 0. The Morgan fingerprint density at radius 3 is 3.00 bits per heavy atom. The Kier molecular flexibility index (Phi) is 2.90. The van der Waals surface area contributed by atoms with Crippen LogP contribution in [0.3, 0.4) is 0 Å². The van der Waals surface area contributed by atoms with Crippen molar-refractivity contribution >= 4 is 10.0 Å². The number of hydrogen-bond donors (Lipinski definition) is 0. The summed E-state index contributed by atoms with van der Waals surface area (Å²) in [4.78, 5) is 4.22. The van der Waals surface area contributed by atoms with Gasteiger partial charge in [-0.15, -0.1) is 0 Å². The van der Waals surface area contributed by atoms with Crippen LogP contribution in [0.1, 0.15) is 24.7 Å². The summed E-state index contributed by atoms with van der Waals surface area (Å²) in [5, 5.41) is 3.87. The minimum Gasteiger partial charge on any atom is -0.459 e. The van der Waals surface area contributed by atoms with Crippen molar-refractivity contribution in [1.29, 1.82) is 0 Å².